The third kappa shape index (κ3) is 5.78. The van der Waals surface area contributed by atoms with Gasteiger partial charge in [0.15, 0.2) is 0 Å². The van der Waals surface area contributed by atoms with E-state index < -0.39 is 5.54 Å². The fourth-order valence-corrected chi connectivity index (χ4v) is 4.79. The lowest BCUT2D eigenvalue weighted by Gasteiger charge is -2.38. The molecule has 1 fully saturated rings. The molecular formula is C30H34N6O3. The van der Waals surface area contributed by atoms with Crippen molar-refractivity contribution in [2.75, 3.05) is 36.5 Å². The number of nitrogens with one attached hydrogen (secondary N) is 1. The average Bonchev–Trinajstić information content (AvgIpc) is 3.36. The van der Waals surface area contributed by atoms with Crippen LogP contribution in [0, 0.1) is 6.92 Å². The summed E-state index contributed by atoms with van der Waals surface area (Å²) in [7, 11) is 0. The molecule has 39 heavy (non-hydrogen) atoms. The van der Waals surface area contributed by atoms with Crippen LogP contribution in [0.4, 0.5) is 11.4 Å². The van der Waals surface area contributed by atoms with Crippen LogP contribution in [-0.4, -0.2) is 63.6 Å². The molecule has 0 bridgehead atoms. The van der Waals surface area contributed by atoms with Crippen LogP contribution < -0.4 is 10.2 Å². The number of aromatic nitrogens is 3. The van der Waals surface area contributed by atoms with E-state index in [2.05, 4.69) is 20.5 Å². The Morgan fingerprint density at radius 3 is 2.41 bits per heavy atom. The van der Waals surface area contributed by atoms with Crippen molar-refractivity contribution in [3.05, 3.63) is 83.9 Å². The van der Waals surface area contributed by atoms with Crippen molar-refractivity contribution in [3.63, 3.8) is 0 Å². The standard InChI is InChI=1S/C30H34N6O3/c1-22-8-4-5-9-23(22)20-35(28(37)21-36-27-11-7-6-10-26(27)32-33-36)30(2,3)29(38)31-24-12-14-25(15-13-24)34-16-18-39-19-17-34/h4-15H,16-21H2,1-3H3,(H,31,38). The molecule has 2 heterocycles. The van der Waals surface area contributed by atoms with Crippen molar-refractivity contribution in [3.8, 4) is 0 Å². The Labute approximate surface area is 228 Å². The Kier molecular flexibility index (Phi) is 7.60. The maximum Gasteiger partial charge on any atom is 0.249 e. The molecular weight excluding hydrogens is 492 g/mol. The molecule has 0 saturated carbocycles. The second kappa shape index (κ2) is 11.2. The number of ether oxygens (including phenoxy) is 1. The molecule has 0 aliphatic carbocycles. The smallest absolute Gasteiger partial charge is 0.249 e. The number of nitrogens with zero attached hydrogens (tertiary/aromatic N) is 5. The molecule has 3 aromatic carbocycles. The Morgan fingerprint density at radius 1 is 0.974 bits per heavy atom. The molecule has 4 aromatic rings. The normalized spacial score (nSPS) is 13.9. The third-order valence-corrected chi connectivity index (χ3v) is 7.33. The number of anilines is 2. The summed E-state index contributed by atoms with van der Waals surface area (Å²) in [5, 5.41) is 11.4. The largest absolute Gasteiger partial charge is 0.378 e. The van der Waals surface area contributed by atoms with E-state index in [1.54, 1.807) is 23.4 Å². The summed E-state index contributed by atoms with van der Waals surface area (Å²) >= 11 is 0. The fraction of sp³-hybridized carbons (Fsp3) is 0.333. The van der Waals surface area contributed by atoms with Gasteiger partial charge in [-0.25, -0.2) is 4.68 Å². The van der Waals surface area contributed by atoms with Crippen LogP contribution in [0.5, 0.6) is 0 Å². The number of hydrogen-bond donors (Lipinski definition) is 1. The molecule has 202 valence electrons. The molecule has 1 aliphatic rings. The van der Waals surface area contributed by atoms with Gasteiger partial charge in [0.25, 0.3) is 0 Å². The summed E-state index contributed by atoms with van der Waals surface area (Å²) in [5.74, 6) is -0.497. The van der Waals surface area contributed by atoms with Gasteiger partial charge in [-0.15, -0.1) is 5.10 Å². The van der Waals surface area contributed by atoms with Crippen molar-refractivity contribution >= 4 is 34.2 Å². The lowest BCUT2D eigenvalue weighted by molar-refractivity contribution is -0.145. The van der Waals surface area contributed by atoms with Crippen LogP contribution >= 0.6 is 0 Å². The highest BCUT2D eigenvalue weighted by Crippen LogP contribution is 2.25. The Balaban J connectivity index is 1.37. The van der Waals surface area contributed by atoms with Crippen molar-refractivity contribution in [2.45, 2.75) is 39.4 Å². The zero-order chi connectivity index (χ0) is 27.4. The molecule has 1 aromatic heterocycles. The first-order valence-corrected chi connectivity index (χ1v) is 13.2. The number of para-hydroxylation sites is 1. The molecule has 0 spiro atoms. The van der Waals surface area contributed by atoms with Gasteiger partial charge >= 0.3 is 0 Å². The highest BCUT2D eigenvalue weighted by atomic mass is 16.5. The zero-order valence-electron chi connectivity index (χ0n) is 22.6. The van der Waals surface area contributed by atoms with E-state index in [4.69, 9.17) is 4.74 Å². The molecule has 0 radical (unpaired) electrons. The summed E-state index contributed by atoms with van der Waals surface area (Å²) in [5.41, 5.74) is 4.13. The first-order chi connectivity index (χ1) is 18.8. The second-order valence-corrected chi connectivity index (χ2v) is 10.3. The monoisotopic (exact) mass is 526 g/mol. The molecule has 9 heteroatoms. The zero-order valence-corrected chi connectivity index (χ0v) is 22.6. The summed E-state index contributed by atoms with van der Waals surface area (Å²) in [6.07, 6.45) is 0. The summed E-state index contributed by atoms with van der Waals surface area (Å²) in [6, 6.07) is 23.2. The molecule has 0 atom stereocenters. The average molecular weight is 527 g/mol. The number of benzene rings is 3. The van der Waals surface area contributed by atoms with E-state index in [0.29, 0.717) is 24.4 Å². The quantitative estimate of drug-likeness (QED) is 0.373. The SMILES string of the molecule is Cc1ccccc1CN(C(=O)Cn1nnc2ccccc21)C(C)(C)C(=O)Nc1ccc(N2CCOCC2)cc1. The molecule has 9 nitrogen and oxygen atoms in total. The van der Waals surface area contributed by atoms with E-state index in [0.717, 1.165) is 35.4 Å². The van der Waals surface area contributed by atoms with Crippen LogP contribution in [0.2, 0.25) is 0 Å². The van der Waals surface area contributed by atoms with E-state index in [1.807, 2.05) is 79.7 Å². The molecule has 1 aliphatic heterocycles. The highest BCUT2D eigenvalue weighted by Gasteiger charge is 2.38. The van der Waals surface area contributed by atoms with Crippen LogP contribution in [0.15, 0.2) is 72.8 Å². The molecule has 2 amide bonds. The van der Waals surface area contributed by atoms with Crippen LogP contribution in [0.3, 0.4) is 0 Å². The number of amides is 2. The van der Waals surface area contributed by atoms with E-state index in [1.165, 1.54) is 0 Å². The summed E-state index contributed by atoms with van der Waals surface area (Å²) in [4.78, 5) is 31.4. The molecule has 5 rings (SSSR count). The van der Waals surface area contributed by atoms with Crippen LogP contribution in [-0.2, 0) is 27.4 Å². The Bertz CT molecular complexity index is 1460. The lowest BCUT2D eigenvalue weighted by atomic mass is 9.98. The number of aryl methyl sites for hydroxylation is 1. The van der Waals surface area contributed by atoms with Gasteiger partial charge in [-0.1, -0.05) is 41.6 Å². The third-order valence-electron chi connectivity index (χ3n) is 7.33. The van der Waals surface area contributed by atoms with Crippen molar-refractivity contribution < 1.29 is 14.3 Å². The number of morpholine rings is 1. The molecule has 1 saturated heterocycles. The minimum Gasteiger partial charge on any atom is -0.378 e. The maximum atomic E-state index is 13.8. The Hall–Kier alpha value is -4.24. The van der Waals surface area contributed by atoms with Gasteiger partial charge in [-0.05, 0) is 68.3 Å². The van der Waals surface area contributed by atoms with Gasteiger partial charge in [0.2, 0.25) is 11.8 Å². The van der Waals surface area contributed by atoms with Crippen molar-refractivity contribution in [1.29, 1.82) is 0 Å². The van der Waals surface area contributed by atoms with Gasteiger partial charge in [0.05, 0.1) is 18.7 Å². The number of fused-ring (bicyclic) bond motifs is 1. The summed E-state index contributed by atoms with van der Waals surface area (Å²) in [6.45, 7) is 8.92. The first kappa shape index (κ1) is 26.4. The van der Waals surface area contributed by atoms with Gasteiger partial charge in [-0.3, -0.25) is 9.59 Å². The predicted octanol–water partition coefficient (Wildman–Crippen LogP) is 4.02. The first-order valence-electron chi connectivity index (χ1n) is 13.2. The van der Waals surface area contributed by atoms with Crippen LogP contribution in [0.1, 0.15) is 25.0 Å². The minimum absolute atomic E-state index is 0.0304. The number of carbonyl (C=O) groups is 2. The van der Waals surface area contributed by atoms with Gasteiger partial charge < -0.3 is 19.9 Å². The topological polar surface area (TPSA) is 92.6 Å². The van der Waals surface area contributed by atoms with Gasteiger partial charge in [0, 0.05) is 31.0 Å². The lowest BCUT2D eigenvalue weighted by Crippen LogP contribution is -2.55. The molecule has 0 unspecified atom stereocenters. The maximum absolute atomic E-state index is 13.8. The van der Waals surface area contributed by atoms with Gasteiger partial charge in [-0.2, -0.15) is 0 Å². The summed E-state index contributed by atoms with van der Waals surface area (Å²) < 4.78 is 7.02. The number of carbonyl (C=O) groups excluding carboxylic acids is 2. The van der Waals surface area contributed by atoms with E-state index in [-0.39, 0.29) is 24.9 Å². The van der Waals surface area contributed by atoms with Gasteiger partial charge in [0.1, 0.15) is 17.6 Å². The van der Waals surface area contributed by atoms with Crippen molar-refractivity contribution in [2.24, 2.45) is 0 Å². The number of rotatable bonds is 8. The molecule has 1 N–H and O–H groups in total. The highest BCUT2D eigenvalue weighted by molar-refractivity contribution is 6.00. The number of hydrogen-bond acceptors (Lipinski definition) is 6. The van der Waals surface area contributed by atoms with E-state index >= 15 is 0 Å². The second-order valence-electron chi connectivity index (χ2n) is 10.3. The van der Waals surface area contributed by atoms with Crippen LogP contribution in [0.25, 0.3) is 11.0 Å². The Morgan fingerprint density at radius 2 is 1.67 bits per heavy atom. The minimum atomic E-state index is -1.15. The predicted molar refractivity (Wildman–Crippen MR) is 151 cm³/mol. The van der Waals surface area contributed by atoms with E-state index in [9.17, 15) is 9.59 Å². The van der Waals surface area contributed by atoms with Crippen molar-refractivity contribution in [1.82, 2.24) is 19.9 Å². The fourth-order valence-electron chi connectivity index (χ4n) is 4.79.